The van der Waals surface area contributed by atoms with E-state index in [1.165, 1.54) is 0 Å². The van der Waals surface area contributed by atoms with E-state index in [1.54, 1.807) is 0 Å². The standard InChI is InChI=1S/C8H13NO/c1-6-4-7(10)5-8(2,3)9-6/h9H,1,4-5H2,2-3H3. The molecule has 1 saturated heterocycles. The largest absolute Gasteiger partial charge is 0.383 e. The Labute approximate surface area is 61.3 Å². The molecule has 0 aromatic heterocycles. The molecule has 0 spiro atoms. The van der Waals surface area contributed by atoms with Crippen molar-refractivity contribution in [1.82, 2.24) is 5.32 Å². The van der Waals surface area contributed by atoms with Crippen LogP contribution in [0.25, 0.3) is 0 Å². The molecule has 0 saturated carbocycles. The van der Waals surface area contributed by atoms with Gasteiger partial charge >= 0.3 is 0 Å². The summed E-state index contributed by atoms with van der Waals surface area (Å²) in [4.78, 5) is 11.0. The van der Waals surface area contributed by atoms with E-state index in [9.17, 15) is 4.79 Å². The van der Waals surface area contributed by atoms with Gasteiger partial charge in [0.25, 0.3) is 0 Å². The highest BCUT2D eigenvalue weighted by molar-refractivity contribution is 5.83. The topological polar surface area (TPSA) is 29.1 Å². The first-order valence-electron chi connectivity index (χ1n) is 3.47. The smallest absolute Gasteiger partial charge is 0.141 e. The van der Waals surface area contributed by atoms with Crippen LogP contribution in [0.5, 0.6) is 0 Å². The van der Waals surface area contributed by atoms with Crippen LogP contribution in [0.3, 0.4) is 0 Å². The Morgan fingerprint density at radius 1 is 1.60 bits per heavy atom. The third-order valence-electron chi connectivity index (χ3n) is 1.56. The van der Waals surface area contributed by atoms with E-state index in [2.05, 4.69) is 11.9 Å². The number of allylic oxidation sites excluding steroid dienone is 1. The number of carbonyl (C=O) groups is 1. The molecule has 1 fully saturated rings. The summed E-state index contributed by atoms with van der Waals surface area (Å²) >= 11 is 0. The van der Waals surface area contributed by atoms with Gasteiger partial charge in [0.1, 0.15) is 5.78 Å². The quantitative estimate of drug-likeness (QED) is 0.547. The number of rotatable bonds is 0. The molecule has 0 aliphatic carbocycles. The zero-order chi connectivity index (χ0) is 7.78. The van der Waals surface area contributed by atoms with Crippen LogP contribution in [0.15, 0.2) is 12.3 Å². The van der Waals surface area contributed by atoms with Gasteiger partial charge in [0.2, 0.25) is 0 Å². The number of hydrogen-bond acceptors (Lipinski definition) is 2. The van der Waals surface area contributed by atoms with Gasteiger partial charge in [-0.2, -0.15) is 0 Å². The van der Waals surface area contributed by atoms with Crippen molar-refractivity contribution in [2.45, 2.75) is 32.2 Å². The Morgan fingerprint density at radius 3 is 2.60 bits per heavy atom. The predicted molar refractivity (Wildman–Crippen MR) is 40.6 cm³/mol. The Kier molecular flexibility index (Phi) is 1.55. The number of nitrogens with one attached hydrogen (secondary N) is 1. The van der Waals surface area contributed by atoms with Gasteiger partial charge in [0.05, 0.1) is 0 Å². The summed E-state index contributed by atoms with van der Waals surface area (Å²) in [6, 6.07) is 0. The van der Waals surface area contributed by atoms with E-state index in [0.717, 1.165) is 5.70 Å². The van der Waals surface area contributed by atoms with Gasteiger partial charge in [-0.3, -0.25) is 4.79 Å². The van der Waals surface area contributed by atoms with E-state index >= 15 is 0 Å². The van der Waals surface area contributed by atoms with Crippen LogP contribution in [-0.2, 0) is 4.79 Å². The van der Waals surface area contributed by atoms with Gasteiger partial charge in [-0.05, 0) is 13.8 Å². The van der Waals surface area contributed by atoms with Crippen molar-refractivity contribution in [3.8, 4) is 0 Å². The highest BCUT2D eigenvalue weighted by atomic mass is 16.1. The minimum absolute atomic E-state index is 0.0770. The number of piperidine rings is 1. The number of Topliss-reactive ketones (excluding diaryl/α,β-unsaturated/α-hetero) is 1. The minimum Gasteiger partial charge on any atom is -0.383 e. The van der Waals surface area contributed by atoms with Gasteiger partial charge < -0.3 is 5.32 Å². The zero-order valence-corrected chi connectivity index (χ0v) is 6.53. The molecule has 56 valence electrons. The third kappa shape index (κ3) is 1.59. The lowest BCUT2D eigenvalue weighted by atomic mass is 9.91. The van der Waals surface area contributed by atoms with Crippen molar-refractivity contribution < 1.29 is 4.79 Å². The molecular weight excluding hydrogens is 126 g/mol. The van der Waals surface area contributed by atoms with Gasteiger partial charge in [0, 0.05) is 24.1 Å². The Morgan fingerprint density at radius 2 is 2.20 bits per heavy atom. The second-order valence-electron chi connectivity index (χ2n) is 3.50. The summed E-state index contributed by atoms with van der Waals surface area (Å²) in [6.07, 6.45) is 1.12. The minimum atomic E-state index is -0.0770. The molecule has 10 heavy (non-hydrogen) atoms. The van der Waals surface area contributed by atoms with E-state index in [4.69, 9.17) is 0 Å². The Bertz CT molecular complexity index is 164. The average molecular weight is 139 g/mol. The molecule has 2 heteroatoms. The normalized spacial score (nSPS) is 24.2. The van der Waals surface area contributed by atoms with Gasteiger partial charge in [-0.1, -0.05) is 6.58 Å². The summed E-state index contributed by atoms with van der Waals surface area (Å²) in [5, 5.41) is 3.17. The summed E-state index contributed by atoms with van der Waals surface area (Å²) in [7, 11) is 0. The third-order valence-corrected chi connectivity index (χ3v) is 1.56. The summed E-state index contributed by atoms with van der Waals surface area (Å²) < 4.78 is 0. The summed E-state index contributed by atoms with van der Waals surface area (Å²) in [6.45, 7) is 7.75. The molecule has 2 nitrogen and oxygen atoms in total. The first-order valence-corrected chi connectivity index (χ1v) is 3.47. The molecule has 0 radical (unpaired) electrons. The zero-order valence-electron chi connectivity index (χ0n) is 6.53. The van der Waals surface area contributed by atoms with Crippen molar-refractivity contribution in [3.63, 3.8) is 0 Å². The fourth-order valence-corrected chi connectivity index (χ4v) is 1.36. The molecule has 0 amide bonds. The second-order valence-corrected chi connectivity index (χ2v) is 3.50. The van der Waals surface area contributed by atoms with Crippen LogP contribution in [0.1, 0.15) is 26.7 Å². The van der Waals surface area contributed by atoms with E-state index in [0.29, 0.717) is 12.8 Å². The molecule has 0 bridgehead atoms. The van der Waals surface area contributed by atoms with Crippen molar-refractivity contribution in [2.24, 2.45) is 0 Å². The van der Waals surface area contributed by atoms with Crippen LogP contribution < -0.4 is 5.32 Å². The lowest BCUT2D eigenvalue weighted by molar-refractivity contribution is -0.120. The fourth-order valence-electron chi connectivity index (χ4n) is 1.36. The maximum atomic E-state index is 11.0. The van der Waals surface area contributed by atoms with Crippen LogP contribution in [-0.4, -0.2) is 11.3 Å². The average Bonchev–Trinajstić information content (AvgIpc) is 1.54. The number of hydrogen-bond donors (Lipinski definition) is 1. The first-order chi connectivity index (χ1) is 4.49. The molecule has 1 aliphatic heterocycles. The monoisotopic (exact) mass is 139 g/mol. The number of ketones is 1. The van der Waals surface area contributed by atoms with Gasteiger partial charge in [-0.15, -0.1) is 0 Å². The van der Waals surface area contributed by atoms with Crippen molar-refractivity contribution in [2.75, 3.05) is 0 Å². The summed E-state index contributed by atoms with van der Waals surface area (Å²) in [5.74, 6) is 0.286. The van der Waals surface area contributed by atoms with Crippen LogP contribution in [0.2, 0.25) is 0 Å². The van der Waals surface area contributed by atoms with Gasteiger partial charge in [0.15, 0.2) is 0 Å². The molecule has 0 aromatic rings. The lowest BCUT2D eigenvalue weighted by Crippen LogP contribution is -2.44. The number of carbonyl (C=O) groups excluding carboxylic acids is 1. The highest BCUT2D eigenvalue weighted by Crippen LogP contribution is 2.19. The van der Waals surface area contributed by atoms with E-state index < -0.39 is 0 Å². The Balaban J connectivity index is 2.68. The molecule has 1 aliphatic rings. The Hall–Kier alpha value is -0.790. The van der Waals surface area contributed by atoms with E-state index in [-0.39, 0.29) is 11.3 Å². The maximum absolute atomic E-state index is 11.0. The van der Waals surface area contributed by atoms with Crippen molar-refractivity contribution in [1.29, 1.82) is 0 Å². The second kappa shape index (κ2) is 2.11. The van der Waals surface area contributed by atoms with E-state index in [1.807, 2.05) is 13.8 Å². The molecule has 1 rings (SSSR count). The predicted octanol–water partition coefficient (Wildman–Crippen LogP) is 1.23. The lowest BCUT2D eigenvalue weighted by Gasteiger charge is -2.32. The van der Waals surface area contributed by atoms with Gasteiger partial charge in [-0.25, -0.2) is 0 Å². The van der Waals surface area contributed by atoms with Crippen LogP contribution in [0, 0.1) is 0 Å². The first kappa shape index (κ1) is 7.32. The molecular formula is C8H13NO. The molecule has 0 aromatic carbocycles. The maximum Gasteiger partial charge on any atom is 0.141 e. The van der Waals surface area contributed by atoms with Crippen LogP contribution >= 0.6 is 0 Å². The molecule has 1 heterocycles. The molecule has 0 atom stereocenters. The van der Waals surface area contributed by atoms with Crippen molar-refractivity contribution >= 4 is 5.78 Å². The SMILES string of the molecule is C=C1CC(=O)CC(C)(C)N1. The van der Waals surface area contributed by atoms with Crippen LogP contribution in [0.4, 0.5) is 0 Å². The van der Waals surface area contributed by atoms with Crippen molar-refractivity contribution in [3.05, 3.63) is 12.3 Å². The molecule has 0 unspecified atom stereocenters. The fraction of sp³-hybridized carbons (Fsp3) is 0.625. The molecule has 1 N–H and O–H groups in total. The highest BCUT2D eigenvalue weighted by Gasteiger charge is 2.27. The summed E-state index contributed by atoms with van der Waals surface area (Å²) in [5.41, 5.74) is 0.771.